The quantitative estimate of drug-likeness (QED) is 0.773. The van der Waals surface area contributed by atoms with E-state index in [0.717, 1.165) is 23.5 Å². The molecule has 1 atom stereocenters. The van der Waals surface area contributed by atoms with E-state index < -0.39 is 6.04 Å². The lowest BCUT2D eigenvalue weighted by Crippen LogP contribution is -2.56. The molecule has 1 unspecified atom stereocenters. The van der Waals surface area contributed by atoms with Crippen molar-refractivity contribution >= 4 is 11.8 Å². The molecule has 27 heavy (non-hydrogen) atoms. The zero-order chi connectivity index (χ0) is 19.4. The van der Waals surface area contributed by atoms with Gasteiger partial charge < -0.3 is 14.6 Å². The zero-order valence-corrected chi connectivity index (χ0v) is 16.1. The average Bonchev–Trinajstić information content (AvgIpc) is 3.23. The van der Waals surface area contributed by atoms with Gasteiger partial charge in [-0.1, -0.05) is 0 Å². The Kier molecular flexibility index (Phi) is 5.95. The van der Waals surface area contributed by atoms with E-state index in [0.29, 0.717) is 26.2 Å². The Balaban J connectivity index is 1.57. The second kappa shape index (κ2) is 8.39. The van der Waals surface area contributed by atoms with Gasteiger partial charge in [0, 0.05) is 39.9 Å². The number of nitrogens with one attached hydrogen (secondary N) is 1. The lowest BCUT2D eigenvalue weighted by Gasteiger charge is -2.34. The lowest BCUT2D eigenvalue weighted by molar-refractivity contribution is -0.138. The molecule has 3 rings (SSSR count). The summed E-state index contributed by atoms with van der Waals surface area (Å²) in [7, 11) is 3.65. The number of hydrogen-bond acceptors (Lipinski definition) is 5. The second-order valence-electron chi connectivity index (χ2n) is 7.08. The van der Waals surface area contributed by atoms with Gasteiger partial charge >= 0.3 is 0 Å². The van der Waals surface area contributed by atoms with Crippen molar-refractivity contribution in [3.05, 3.63) is 41.6 Å². The molecule has 8 nitrogen and oxygen atoms in total. The monoisotopic (exact) mass is 373 g/mol. The van der Waals surface area contributed by atoms with Crippen molar-refractivity contribution in [1.29, 1.82) is 0 Å². The highest BCUT2D eigenvalue weighted by molar-refractivity contribution is 5.88. The predicted molar refractivity (Wildman–Crippen MR) is 99.8 cm³/mol. The Labute approximate surface area is 159 Å². The SMILES string of the molecule is Cc1ccc(CN2CCNC(=O)C2CC(=O)N(C)CCc2cnn(C)c2)o1. The van der Waals surface area contributed by atoms with Gasteiger partial charge in [0.2, 0.25) is 11.8 Å². The summed E-state index contributed by atoms with van der Waals surface area (Å²) in [6.07, 6.45) is 4.65. The predicted octanol–water partition coefficient (Wildman–Crippen LogP) is 0.713. The largest absolute Gasteiger partial charge is 0.465 e. The van der Waals surface area contributed by atoms with Gasteiger partial charge in [0.15, 0.2) is 0 Å². The maximum atomic E-state index is 12.7. The van der Waals surface area contributed by atoms with E-state index in [1.165, 1.54) is 0 Å². The summed E-state index contributed by atoms with van der Waals surface area (Å²) in [5.74, 6) is 1.51. The molecule has 0 aromatic carbocycles. The average molecular weight is 373 g/mol. The minimum atomic E-state index is -0.475. The van der Waals surface area contributed by atoms with Crippen molar-refractivity contribution in [1.82, 2.24) is 24.9 Å². The summed E-state index contributed by atoms with van der Waals surface area (Å²) in [4.78, 5) is 28.7. The van der Waals surface area contributed by atoms with E-state index >= 15 is 0 Å². The fourth-order valence-corrected chi connectivity index (χ4v) is 3.29. The van der Waals surface area contributed by atoms with Gasteiger partial charge in [-0.05, 0) is 31.0 Å². The van der Waals surface area contributed by atoms with Crippen LogP contribution in [0.5, 0.6) is 0 Å². The van der Waals surface area contributed by atoms with E-state index in [9.17, 15) is 9.59 Å². The highest BCUT2D eigenvalue weighted by atomic mass is 16.3. The van der Waals surface area contributed by atoms with Crippen LogP contribution in [-0.2, 0) is 29.6 Å². The molecule has 2 amide bonds. The first-order valence-electron chi connectivity index (χ1n) is 9.21. The third-order valence-electron chi connectivity index (χ3n) is 4.88. The molecule has 1 N–H and O–H groups in total. The van der Waals surface area contributed by atoms with Crippen molar-refractivity contribution in [3.8, 4) is 0 Å². The third kappa shape index (κ3) is 4.97. The number of hydrogen-bond donors (Lipinski definition) is 1. The van der Waals surface area contributed by atoms with E-state index in [2.05, 4.69) is 10.4 Å². The topological polar surface area (TPSA) is 83.6 Å². The Bertz CT molecular complexity index is 797. The molecule has 0 radical (unpaired) electrons. The Hall–Kier alpha value is -2.61. The minimum absolute atomic E-state index is 0.0402. The Morgan fingerprint density at radius 2 is 2.26 bits per heavy atom. The fraction of sp³-hybridized carbons (Fsp3) is 0.526. The van der Waals surface area contributed by atoms with Crippen LogP contribution in [0.15, 0.2) is 28.9 Å². The van der Waals surface area contributed by atoms with E-state index in [4.69, 9.17) is 4.42 Å². The fourth-order valence-electron chi connectivity index (χ4n) is 3.29. The van der Waals surface area contributed by atoms with Gasteiger partial charge in [0.25, 0.3) is 0 Å². The lowest BCUT2D eigenvalue weighted by atomic mass is 10.1. The van der Waals surface area contributed by atoms with Crippen molar-refractivity contribution < 1.29 is 14.0 Å². The molecule has 0 bridgehead atoms. The normalized spacial score (nSPS) is 17.7. The number of aryl methyl sites for hydroxylation is 2. The van der Waals surface area contributed by atoms with Crippen LogP contribution in [0, 0.1) is 6.92 Å². The number of piperazine rings is 1. The van der Waals surface area contributed by atoms with Gasteiger partial charge in [-0.25, -0.2) is 0 Å². The van der Waals surface area contributed by atoms with Gasteiger partial charge in [-0.15, -0.1) is 0 Å². The van der Waals surface area contributed by atoms with Crippen LogP contribution in [0.4, 0.5) is 0 Å². The molecule has 0 saturated carbocycles. The molecule has 1 aliphatic heterocycles. The summed E-state index contributed by atoms with van der Waals surface area (Å²) < 4.78 is 7.38. The van der Waals surface area contributed by atoms with Crippen LogP contribution in [0.3, 0.4) is 0 Å². The van der Waals surface area contributed by atoms with Crippen molar-refractivity contribution in [2.45, 2.75) is 32.4 Å². The minimum Gasteiger partial charge on any atom is -0.465 e. The molecular weight excluding hydrogens is 346 g/mol. The number of carbonyl (C=O) groups excluding carboxylic acids is 2. The zero-order valence-electron chi connectivity index (χ0n) is 16.1. The van der Waals surface area contributed by atoms with Crippen LogP contribution in [-0.4, -0.2) is 64.1 Å². The van der Waals surface area contributed by atoms with Gasteiger partial charge in [-0.3, -0.25) is 19.2 Å². The highest BCUT2D eigenvalue weighted by Crippen LogP contribution is 2.16. The summed E-state index contributed by atoms with van der Waals surface area (Å²) in [6, 6.07) is 3.35. The molecule has 8 heteroatoms. The first-order chi connectivity index (χ1) is 12.9. The molecule has 1 fully saturated rings. The maximum Gasteiger partial charge on any atom is 0.237 e. The summed E-state index contributed by atoms with van der Waals surface area (Å²) >= 11 is 0. The molecule has 2 aromatic heterocycles. The number of likely N-dealkylation sites (N-methyl/N-ethyl adjacent to an activating group) is 1. The first kappa shape index (κ1) is 19.2. The van der Waals surface area contributed by atoms with Gasteiger partial charge in [-0.2, -0.15) is 5.10 Å². The van der Waals surface area contributed by atoms with E-state index in [-0.39, 0.29) is 18.2 Å². The molecule has 0 aliphatic carbocycles. The van der Waals surface area contributed by atoms with Crippen LogP contribution >= 0.6 is 0 Å². The number of nitrogens with zero attached hydrogens (tertiary/aromatic N) is 4. The first-order valence-corrected chi connectivity index (χ1v) is 9.21. The Morgan fingerprint density at radius 1 is 1.44 bits per heavy atom. The number of amides is 2. The molecule has 0 spiro atoms. The highest BCUT2D eigenvalue weighted by Gasteiger charge is 2.32. The molecular formula is C19H27N5O3. The van der Waals surface area contributed by atoms with E-state index in [1.807, 2.05) is 37.2 Å². The Morgan fingerprint density at radius 3 is 2.93 bits per heavy atom. The summed E-state index contributed by atoms with van der Waals surface area (Å²) in [6.45, 7) is 4.29. The molecule has 146 valence electrons. The second-order valence-corrected chi connectivity index (χ2v) is 7.08. The molecule has 2 aromatic rings. The van der Waals surface area contributed by atoms with Crippen LogP contribution in [0.25, 0.3) is 0 Å². The van der Waals surface area contributed by atoms with Crippen LogP contribution < -0.4 is 5.32 Å². The number of aromatic nitrogens is 2. The molecule has 3 heterocycles. The number of furan rings is 1. The van der Waals surface area contributed by atoms with E-state index in [1.54, 1.807) is 22.8 Å². The standard InChI is InChI=1S/C19H27N5O3/c1-14-4-5-16(27-14)13-24-9-7-20-19(26)17(24)10-18(25)22(2)8-6-15-11-21-23(3)12-15/h4-5,11-12,17H,6-10,13H2,1-3H3,(H,20,26). The molecule has 1 aliphatic rings. The smallest absolute Gasteiger partial charge is 0.237 e. The van der Waals surface area contributed by atoms with Gasteiger partial charge in [0.1, 0.15) is 11.5 Å². The maximum absolute atomic E-state index is 12.7. The van der Waals surface area contributed by atoms with Crippen molar-refractivity contribution in [2.75, 3.05) is 26.7 Å². The van der Waals surface area contributed by atoms with Gasteiger partial charge in [0.05, 0.1) is 25.2 Å². The summed E-state index contributed by atoms with van der Waals surface area (Å²) in [5, 5.41) is 7.00. The number of rotatable bonds is 7. The molecule has 1 saturated heterocycles. The number of carbonyl (C=O) groups is 2. The van der Waals surface area contributed by atoms with Crippen molar-refractivity contribution in [2.24, 2.45) is 7.05 Å². The third-order valence-corrected chi connectivity index (χ3v) is 4.88. The summed E-state index contributed by atoms with van der Waals surface area (Å²) in [5.41, 5.74) is 1.09. The van der Waals surface area contributed by atoms with Crippen molar-refractivity contribution in [3.63, 3.8) is 0 Å². The van der Waals surface area contributed by atoms with Crippen LogP contribution in [0.2, 0.25) is 0 Å². The van der Waals surface area contributed by atoms with Crippen LogP contribution in [0.1, 0.15) is 23.5 Å².